The van der Waals surface area contributed by atoms with E-state index in [-0.39, 0.29) is 18.6 Å². The third kappa shape index (κ3) is 8.21. The summed E-state index contributed by atoms with van der Waals surface area (Å²) in [6.07, 6.45) is 0.384. The van der Waals surface area contributed by atoms with Crippen molar-refractivity contribution in [3.63, 3.8) is 0 Å². The summed E-state index contributed by atoms with van der Waals surface area (Å²) in [4.78, 5) is 49.3. The van der Waals surface area contributed by atoms with Crippen molar-refractivity contribution < 1.29 is 24.3 Å². The van der Waals surface area contributed by atoms with E-state index >= 15 is 0 Å². The Labute approximate surface area is 198 Å². The normalized spacial score (nSPS) is 14.2. The van der Waals surface area contributed by atoms with Crippen LogP contribution in [0.25, 0.3) is 0 Å². The van der Waals surface area contributed by atoms with Crippen molar-refractivity contribution in [3.05, 3.63) is 65.7 Å². The molecule has 0 aliphatic carbocycles. The minimum absolute atomic E-state index is 0.103. The Morgan fingerprint density at radius 2 is 1.32 bits per heavy atom. The number of aromatic hydroxyl groups is 1. The van der Waals surface area contributed by atoms with Crippen LogP contribution in [0.4, 0.5) is 0 Å². The third-order valence-corrected chi connectivity index (χ3v) is 5.18. The fourth-order valence-electron chi connectivity index (χ4n) is 3.11. The Bertz CT molecular complexity index is 997. The Kier molecular flexibility index (Phi) is 9.57. The van der Waals surface area contributed by atoms with Gasteiger partial charge >= 0.3 is 0 Å². The lowest BCUT2D eigenvalue weighted by molar-refractivity contribution is -0.133. The SMILES string of the molecule is C[C@H](NC(=O)[C@@H](Cc1ccccc1)NC(=O)[C@H](C)NC(=O)[C@@H](N)Cc1ccc(O)cc1)C(N)=O. The smallest absolute Gasteiger partial charge is 0.243 e. The summed E-state index contributed by atoms with van der Waals surface area (Å²) in [5.74, 6) is -2.31. The zero-order valence-electron chi connectivity index (χ0n) is 19.2. The first-order chi connectivity index (χ1) is 16.1. The molecule has 0 heterocycles. The molecule has 0 fully saturated rings. The minimum Gasteiger partial charge on any atom is -0.508 e. The predicted octanol–water partition coefficient (Wildman–Crippen LogP) is -0.516. The predicted molar refractivity (Wildman–Crippen MR) is 126 cm³/mol. The third-order valence-electron chi connectivity index (χ3n) is 5.18. The van der Waals surface area contributed by atoms with Crippen molar-refractivity contribution in [2.45, 2.75) is 50.9 Å². The van der Waals surface area contributed by atoms with Gasteiger partial charge < -0.3 is 32.5 Å². The Balaban J connectivity index is 2.01. The van der Waals surface area contributed by atoms with E-state index in [0.29, 0.717) is 0 Å². The van der Waals surface area contributed by atoms with E-state index in [1.54, 1.807) is 36.4 Å². The van der Waals surface area contributed by atoms with E-state index in [4.69, 9.17) is 11.5 Å². The van der Waals surface area contributed by atoms with E-state index in [9.17, 15) is 24.3 Å². The van der Waals surface area contributed by atoms with Crippen LogP contribution >= 0.6 is 0 Å². The molecule has 0 aromatic heterocycles. The summed E-state index contributed by atoms with van der Waals surface area (Å²) >= 11 is 0. The van der Waals surface area contributed by atoms with Gasteiger partial charge in [0.05, 0.1) is 6.04 Å². The average molecular weight is 470 g/mol. The van der Waals surface area contributed by atoms with Crippen molar-refractivity contribution in [1.82, 2.24) is 16.0 Å². The molecule has 0 aliphatic heterocycles. The Morgan fingerprint density at radius 1 is 0.765 bits per heavy atom. The lowest BCUT2D eigenvalue weighted by Gasteiger charge is -2.23. The highest BCUT2D eigenvalue weighted by Crippen LogP contribution is 2.11. The van der Waals surface area contributed by atoms with E-state index in [2.05, 4.69) is 16.0 Å². The number of hydrogen-bond donors (Lipinski definition) is 6. The van der Waals surface area contributed by atoms with Crippen molar-refractivity contribution in [3.8, 4) is 5.75 Å². The topological polar surface area (TPSA) is 177 Å². The minimum atomic E-state index is -0.998. The number of phenolic OH excluding ortho intramolecular Hbond substituents is 1. The second-order valence-corrected chi connectivity index (χ2v) is 8.09. The highest BCUT2D eigenvalue weighted by atomic mass is 16.3. The van der Waals surface area contributed by atoms with Crippen LogP contribution < -0.4 is 27.4 Å². The molecule has 2 rings (SSSR count). The van der Waals surface area contributed by atoms with Gasteiger partial charge in [-0.05, 0) is 43.5 Å². The van der Waals surface area contributed by atoms with Crippen LogP contribution in [0, 0.1) is 0 Å². The summed E-state index contributed by atoms with van der Waals surface area (Å²) < 4.78 is 0. The maximum atomic E-state index is 12.8. The summed E-state index contributed by atoms with van der Waals surface area (Å²) in [6, 6.07) is 11.5. The largest absolute Gasteiger partial charge is 0.508 e. The molecule has 0 spiro atoms. The first kappa shape index (κ1) is 26.3. The molecule has 0 saturated heterocycles. The molecule has 8 N–H and O–H groups in total. The number of nitrogens with two attached hydrogens (primary N) is 2. The van der Waals surface area contributed by atoms with Gasteiger partial charge in [0.15, 0.2) is 0 Å². The fourth-order valence-corrected chi connectivity index (χ4v) is 3.11. The van der Waals surface area contributed by atoms with Crippen molar-refractivity contribution in [2.75, 3.05) is 0 Å². The van der Waals surface area contributed by atoms with E-state index in [1.807, 2.05) is 6.07 Å². The Morgan fingerprint density at radius 3 is 1.91 bits per heavy atom. The standard InChI is InChI=1S/C24H31N5O5/c1-14(21(26)31)27-24(34)20(13-16-6-4-3-5-7-16)29-22(32)15(2)28-23(33)19(25)12-17-8-10-18(30)11-9-17/h3-11,14-15,19-20,30H,12-13,25H2,1-2H3,(H2,26,31)(H,27,34)(H,28,33)(H,29,32)/t14-,15-,19-,20+/m0/s1. The number of benzene rings is 2. The fraction of sp³-hybridized carbons (Fsp3) is 0.333. The maximum absolute atomic E-state index is 12.8. The molecule has 0 unspecified atom stereocenters. The number of primary amides is 1. The van der Waals surface area contributed by atoms with Crippen LogP contribution in [0.3, 0.4) is 0 Å². The van der Waals surface area contributed by atoms with Crippen molar-refractivity contribution in [1.29, 1.82) is 0 Å². The monoisotopic (exact) mass is 469 g/mol. The van der Waals surface area contributed by atoms with Gasteiger partial charge in [-0.3, -0.25) is 19.2 Å². The number of rotatable bonds is 11. The molecule has 182 valence electrons. The van der Waals surface area contributed by atoms with Crippen LogP contribution in [-0.2, 0) is 32.0 Å². The van der Waals surface area contributed by atoms with Gasteiger partial charge in [0.1, 0.15) is 23.9 Å². The van der Waals surface area contributed by atoms with Gasteiger partial charge in [0, 0.05) is 6.42 Å². The molecule has 2 aromatic carbocycles. The van der Waals surface area contributed by atoms with Crippen LogP contribution in [0.2, 0.25) is 0 Å². The van der Waals surface area contributed by atoms with Crippen LogP contribution in [0.1, 0.15) is 25.0 Å². The molecule has 0 aliphatic rings. The number of amides is 4. The highest BCUT2D eigenvalue weighted by Gasteiger charge is 2.27. The lowest BCUT2D eigenvalue weighted by Crippen LogP contribution is -2.57. The molecule has 2 aromatic rings. The number of hydrogen-bond acceptors (Lipinski definition) is 6. The number of phenols is 1. The van der Waals surface area contributed by atoms with E-state index in [0.717, 1.165) is 11.1 Å². The summed E-state index contributed by atoms with van der Waals surface area (Å²) in [6.45, 7) is 2.92. The molecule has 34 heavy (non-hydrogen) atoms. The number of nitrogens with one attached hydrogen (secondary N) is 3. The van der Waals surface area contributed by atoms with Gasteiger partial charge in [-0.1, -0.05) is 42.5 Å². The van der Waals surface area contributed by atoms with Crippen LogP contribution in [0.15, 0.2) is 54.6 Å². The first-order valence-electron chi connectivity index (χ1n) is 10.8. The molecule has 0 radical (unpaired) electrons. The summed E-state index contributed by atoms with van der Waals surface area (Å²) in [5.41, 5.74) is 12.7. The molecule has 10 heteroatoms. The summed E-state index contributed by atoms with van der Waals surface area (Å²) in [7, 11) is 0. The van der Waals surface area contributed by atoms with Crippen molar-refractivity contribution in [2.24, 2.45) is 11.5 Å². The van der Waals surface area contributed by atoms with Crippen LogP contribution in [0.5, 0.6) is 5.75 Å². The lowest BCUT2D eigenvalue weighted by atomic mass is 10.0. The quantitative estimate of drug-likeness (QED) is 0.258. The zero-order valence-corrected chi connectivity index (χ0v) is 19.2. The second-order valence-electron chi connectivity index (χ2n) is 8.09. The molecule has 0 saturated carbocycles. The van der Waals surface area contributed by atoms with Gasteiger partial charge in [0.25, 0.3) is 0 Å². The number of carbonyl (C=O) groups excluding carboxylic acids is 4. The van der Waals surface area contributed by atoms with E-state index in [1.165, 1.54) is 26.0 Å². The van der Waals surface area contributed by atoms with Crippen molar-refractivity contribution >= 4 is 23.6 Å². The Hall–Kier alpha value is -3.92. The molecular formula is C24H31N5O5. The maximum Gasteiger partial charge on any atom is 0.243 e. The zero-order chi connectivity index (χ0) is 25.3. The van der Waals surface area contributed by atoms with E-state index < -0.39 is 47.8 Å². The van der Waals surface area contributed by atoms with Gasteiger partial charge in [-0.25, -0.2) is 0 Å². The second kappa shape index (κ2) is 12.4. The average Bonchev–Trinajstić information content (AvgIpc) is 2.80. The van der Waals surface area contributed by atoms with Gasteiger partial charge in [-0.2, -0.15) is 0 Å². The van der Waals surface area contributed by atoms with Crippen LogP contribution in [-0.4, -0.2) is 52.9 Å². The molecule has 4 amide bonds. The highest BCUT2D eigenvalue weighted by molar-refractivity contribution is 5.94. The molecule has 4 atom stereocenters. The van der Waals surface area contributed by atoms with Gasteiger partial charge in [0.2, 0.25) is 23.6 Å². The molecule has 10 nitrogen and oxygen atoms in total. The molecule has 0 bridgehead atoms. The molecular weight excluding hydrogens is 438 g/mol. The number of carbonyl (C=O) groups is 4. The van der Waals surface area contributed by atoms with Gasteiger partial charge in [-0.15, -0.1) is 0 Å². The summed E-state index contributed by atoms with van der Waals surface area (Å²) in [5, 5.41) is 17.0. The first-order valence-corrected chi connectivity index (χ1v) is 10.8.